The highest BCUT2D eigenvalue weighted by atomic mass is 19.4. The molecule has 0 spiro atoms. The molecule has 4 rings (SSSR count). The van der Waals surface area contributed by atoms with Crippen LogP contribution in [0.3, 0.4) is 0 Å². The lowest BCUT2D eigenvalue weighted by Gasteiger charge is -2.34. The molecule has 9 heteroatoms. The van der Waals surface area contributed by atoms with Gasteiger partial charge in [0.15, 0.2) is 11.9 Å². The summed E-state index contributed by atoms with van der Waals surface area (Å²) in [6.07, 6.45) is -3.00. The van der Waals surface area contributed by atoms with Crippen molar-refractivity contribution in [3.8, 4) is 11.1 Å². The lowest BCUT2D eigenvalue weighted by atomic mass is 10.1. The zero-order chi connectivity index (χ0) is 20.3. The summed E-state index contributed by atoms with van der Waals surface area (Å²) >= 11 is 0. The van der Waals surface area contributed by atoms with Gasteiger partial charge in [0.05, 0.1) is 19.3 Å². The number of benzene rings is 1. The van der Waals surface area contributed by atoms with Crippen molar-refractivity contribution in [3.63, 3.8) is 0 Å². The van der Waals surface area contributed by atoms with Crippen LogP contribution in [-0.4, -0.2) is 47.2 Å². The molecule has 1 unspecified atom stereocenters. The highest BCUT2D eigenvalue weighted by Crippen LogP contribution is 2.29. The Labute approximate surface area is 165 Å². The van der Waals surface area contributed by atoms with Crippen molar-refractivity contribution in [1.82, 2.24) is 15.2 Å². The topological polar surface area (TPSA) is 63.2 Å². The molecule has 0 bridgehead atoms. The van der Waals surface area contributed by atoms with Gasteiger partial charge in [-0.15, -0.1) is 5.10 Å². The fourth-order valence-corrected chi connectivity index (χ4v) is 3.09. The molecule has 6 nitrogen and oxygen atoms in total. The molecule has 1 fully saturated rings. The maximum atomic E-state index is 13.0. The smallest absolute Gasteiger partial charge is 0.365 e. The van der Waals surface area contributed by atoms with E-state index in [2.05, 4.69) is 20.5 Å². The monoisotopic (exact) mass is 401 g/mol. The number of hydrogen-bond donors (Lipinski definition) is 1. The van der Waals surface area contributed by atoms with Crippen molar-refractivity contribution in [2.75, 3.05) is 29.9 Å². The molecule has 1 saturated heterocycles. The number of alkyl halides is 3. The van der Waals surface area contributed by atoms with Crippen LogP contribution in [0.5, 0.6) is 0 Å². The Kier molecular flexibility index (Phi) is 5.30. The fraction of sp³-hybridized carbons (Fsp3) is 0.250. The van der Waals surface area contributed by atoms with E-state index in [0.29, 0.717) is 23.9 Å². The Morgan fingerprint density at radius 3 is 2.69 bits per heavy atom. The Bertz CT molecular complexity index is 968. The van der Waals surface area contributed by atoms with Gasteiger partial charge in [-0.25, -0.2) is 4.98 Å². The molecular formula is C20H18F3N5O. The Hall–Kier alpha value is -3.20. The van der Waals surface area contributed by atoms with Crippen LogP contribution >= 0.6 is 0 Å². The molecule has 0 radical (unpaired) electrons. The normalized spacial score (nSPS) is 17.2. The van der Waals surface area contributed by atoms with Crippen LogP contribution in [0.1, 0.15) is 0 Å². The fourth-order valence-electron chi connectivity index (χ4n) is 3.09. The van der Waals surface area contributed by atoms with Crippen molar-refractivity contribution in [1.29, 1.82) is 0 Å². The van der Waals surface area contributed by atoms with Crippen LogP contribution in [0.4, 0.5) is 30.5 Å². The van der Waals surface area contributed by atoms with Crippen molar-refractivity contribution >= 4 is 17.3 Å². The molecule has 0 saturated carbocycles. The molecule has 1 aliphatic heterocycles. The van der Waals surface area contributed by atoms with Crippen LogP contribution in [0.25, 0.3) is 11.1 Å². The van der Waals surface area contributed by atoms with E-state index in [1.165, 1.54) is 0 Å². The predicted molar refractivity (Wildman–Crippen MR) is 103 cm³/mol. The number of ether oxygens (including phenoxy) is 1. The quantitative estimate of drug-likeness (QED) is 0.712. The van der Waals surface area contributed by atoms with E-state index in [1.54, 1.807) is 29.4 Å². The third kappa shape index (κ3) is 4.62. The zero-order valence-corrected chi connectivity index (χ0v) is 15.3. The third-order valence-electron chi connectivity index (χ3n) is 4.54. The summed E-state index contributed by atoms with van der Waals surface area (Å²) in [4.78, 5) is 5.78. The Morgan fingerprint density at radius 1 is 1.07 bits per heavy atom. The average Bonchev–Trinajstić information content (AvgIpc) is 2.74. The number of morpholine rings is 1. The van der Waals surface area contributed by atoms with E-state index in [1.807, 2.05) is 36.4 Å². The second-order valence-corrected chi connectivity index (χ2v) is 6.57. The number of halogens is 3. The molecule has 3 heterocycles. The van der Waals surface area contributed by atoms with Gasteiger partial charge < -0.3 is 15.0 Å². The summed E-state index contributed by atoms with van der Waals surface area (Å²) in [7, 11) is 0. The van der Waals surface area contributed by atoms with Crippen molar-refractivity contribution in [3.05, 3.63) is 60.9 Å². The van der Waals surface area contributed by atoms with Gasteiger partial charge in [0.25, 0.3) is 0 Å². The molecule has 1 N–H and O–H groups in total. The second-order valence-electron chi connectivity index (χ2n) is 6.57. The summed E-state index contributed by atoms with van der Waals surface area (Å²) in [6.45, 7) is 0.0453. The minimum Gasteiger partial charge on any atom is -0.365 e. The van der Waals surface area contributed by atoms with Gasteiger partial charge in [-0.1, -0.05) is 30.3 Å². The Balaban J connectivity index is 1.51. The lowest BCUT2D eigenvalue weighted by molar-refractivity contribution is -0.221. The minimum absolute atomic E-state index is 0.00584. The maximum absolute atomic E-state index is 13.0. The molecule has 1 atom stereocenters. The van der Waals surface area contributed by atoms with E-state index in [-0.39, 0.29) is 13.2 Å². The number of nitrogens with zero attached hydrogens (tertiary/aromatic N) is 4. The van der Waals surface area contributed by atoms with E-state index >= 15 is 0 Å². The van der Waals surface area contributed by atoms with Crippen molar-refractivity contribution in [2.45, 2.75) is 12.3 Å². The predicted octanol–water partition coefficient (Wildman–Crippen LogP) is 4.05. The largest absolute Gasteiger partial charge is 0.416 e. The van der Waals surface area contributed by atoms with Gasteiger partial charge >= 0.3 is 6.18 Å². The van der Waals surface area contributed by atoms with E-state index < -0.39 is 12.3 Å². The van der Waals surface area contributed by atoms with Crippen LogP contribution in [0.15, 0.2) is 60.9 Å². The highest BCUT2D eigenvalue weighted by molar-refractivity contribution is 5.68. The van der Waals surface area contributed by atoms with E-state index in [9.17, 15) is 13.2 Å². The standard InChI is InChI=1S/C20H18F3N5O/c21-20(22,23)17-13-28(8-9-29-17)19-11-16(6-7-24-19)26-18-10-15(12-25-27-18)14-4-2-1-3-5-14/h1-7,10-12,17H,8-9,13H2,(H,24,26,27). The zero-order valence-electron chi connectivity index (χ0n) is 15.3. The van der Waals surface area contributed by atoms with Gasteiger partial charge in [0.1, 0.15) is 5.82 Å². The summed E-state index contributed by atoms with van der Waals surface area (Å²) in [5.74, 6) is 0.971. The number of nitrogens with one attached hydrogen (secondary N) is 1. The lowest BCUT2D eigenvalue weighted by Crippen LogP contribution is -2.49. The Morgan fingerprint density at radius 2 is 1.90 bits per heavy atom. The summed E-state index contributed by atoms with van der Waals surface area (Å²) < 4.78 is 43.8. The first-order chi connectivity index (χ1) is 14.0. The third-order valence-corrected chi connectivity index (χ3v) is 4.54. The van der Waals surface area contributed by atoms with Gasteiger partial charge in [0, 0.05) is 30.1 Å². The number of pyridine rings is 1. The van der Waals surface area contributed by atoms with Crippen molar-refractivity contribution < 1.29 is 17.9 Å². The summed E-state index contributed by atoms with van der Waals surface area (Å²) in [5.41, 5.74) is 2.57. The van der Waals surface area contributed by atoms with Crippen LogP contribution in [-0.2, 0) is 4.74 Å². The molecule has 0 aliphatic carbocycles. The molecule has 3 aromatic rings. The molecule has 150 valence electrons. The minimum atomic E-state index is -4.40. The summed E-state index contributed by atoms with van der Waals surface area (Å²) in [5, 5.41) is 11.3. The van der Waals surface area contributed by atoms with Crippen LogP contribution in [0, 0.1) is 0 Å². The number of aromatic nitrogens is 3. The number of anilines is 3. The van der Waals surface area contributed by atoms with E-state index in [4.69, 9.17) is 4.74 Å². The SMILES string of the molecule is FC(F)(F)C1CN(c2cc(Nc3cc(-c4ccccc4)cnn3)ccn2)CCO1. The molecule has 2 aromatic heterocycles. The van der Waals surface area contributed by atoms with Gasteiger partial charge in [-0.05, 0) is 17.7 Å². The molecule has 0 amide bonds. The molecule has 1 aromatic carbocycles. The molecule has 1 aliphatic rings. The maximum Gasteiger partial charge on any atom is 0.416 e. The molecule has 29 heavy (non-hydrogen) atoms. The van der Waals surface area contributed by atoms with E-state index in [0.717, 1.165) is 11.1 Å². The second kappa shape index (κ2) is 8.04. The van der Waals surface area contributed by atoms with Gasteiger partial charge in [-0.2, -0.15) is 18.3 Å². The molecular weight excluding hydrogens is 383 g/mol. The van der Waals surface area contributed by atoms with Crippen LogP contribution < -0.4 is 10.2 Å². The first kappa shape index (κ1) is 19.1. The average molecular weight is 401 g/mol. The number of hydrogen-bond acceptors (Lipinski definition) is 6. The van der Waals surface area contributed by atoms with Gasteiger partial charge in [0.2, 0.25) is 0 Å². The van der Waals surface area contributed by atoms with Crippen LogP contribution in [0.2, 0.25) is 0 Å². The first-order valence-corrected chi connectivity index (χ1v) is 9.03. The van der Waals surface area contributed by atoms with Crippen molar-refractivity contribution in [2.24, 2.45) is 0 Å². The summed E-state index contributed by atoms with van der Waals surface area (Å²) in [6, 6.07) is 15.0. The van der Waals surface area contributed by atoms with Gasteiger partial charge in [-0.3, -0.25) is 0 Å². The highest BCUT2D eigenvalue weighted by Gasteiger charge is 2.43. The first-order valence-electron chi connectivity index (χ1n) is 9.03. The number of rotatable bonds is 4.